The molecule has 0 heterocycles. The van der Waals surface area contributed by atoms with Crippen LogP contribution in [0.3, 0.4) is 0 Å². The zero-order valence-electron chi connectivity index (χ0n) is 13.1. The van der Waals surface area contributed by atoms with Gasteiger partial charge in [0.05, 0.1) is 0 Å². The summed E-state index contributed by atoms with van der Waals surface area (Å²) in [7, 11) is 0. The number of benzene rings is 1. The number of nitrogens with zero attached hydrogens (tertiary/aromatic N) is 2. The van der Waals surface area contributed by atoms with Crippen molar-refractivity contribution in [3.63, 3.8) is 0 Å². The Hall–Kier alpha value is -1.75. The van der Waals surface area contributed by atoms with Gasteiger partial charge >= 0.3 is 6.03 Å². The van der Waals surface area contributed by atoms with Crippen molar-refractivity contribution < 1.29 is 9.90 Å². The maximum absolute atomic E-state index is 11.6. The molecule has 5 heteroatoms. The third kappa shape index (κ3) is 6.04. The topological polar surface area (TPSA) is 69.8 Å². The number of phenols is 1. The lowest BCUT2D eigenvalue weighted by Gasteiger charge is -2.26. The first kappa shape index (κ1) is 17.3. The van der Waals surface area contributed by atoms with Gasteiger partial charge in [0, 0.05) is 18.8 Å². The molecule has 0 aliphatic rings. The van der Waals surface area contributed by atoms with Crippen molar-refractivity contribution in [1.82, 2.24) is 4.90 Å². The monoisotopic (exact) mass is 293 g/mol. The number of phenolic OH excluding ortho intramolecular Hbond substituents is 1. The Labute approximate surface area is 127 Å². The molecule has 0 atom stereocenters. The van der Waals surface area contributed by atoms with Crippen LogP contribution in [0.5, 0.6) is 5.75 Å². The number of carbonyl (C=O) groups excluding carboxylic acids is 1. The fourth-order valence-electron chi connectivity index (χ4n) is 2.27. The van der Waals surface area contributed by atoms with Gasteiger partial charge in [0.2, 0.25) is 0 Å². The zero-order valence-corrected chi connectivity index (χ0v) is 13.1. The molecule has 0 aliphatic heterocycles. The molecule has 0 radical (unpaired) electrons. The summed E-state index contributed by atoms with van der Waals surface area (Å²) in [4.78, 5) is 15.5. The molecular formula is C16H27N3O2. The van der Waals surface area contributed by atoms with E-state index in [0.29, 0.717) is 12.2 Å². The van der Waals surface area contributed by atoms with Crippen LogP contribution in [-0.4, -0.2) is 42.2 Å². The van der Waals surface area contributed by atoms with E-state index in [1.807, 2.05) is 0 Å². The smallest absolute Gasteiger partial charge is 0.319 e. The molecule has 0 aliphatic carbocycles. The summed E-state index contributed by atoms with van der Waals surface area (Å²) in [6, 6.07) is 6.07. The predicted molar refractivity (Wildman–Crippen MR) is 86.7 cm³/mol. The molecule has 5 nitrogen and oxygen atoms in total. The summed E-state index contributed by atoms with van der Waals surface area (Å²) in [6.45, 7) is 7.78. The van der Waals surface area contributed by atoms with E-state index < -0.39 is 6.03 Å². The van der Waals surface area contributed by atoms with Crippen molar-refractivity contribution >= 4 is 11.7 Å². The Kier molecular flexibility index (Phi) is 7.61. The zero-order chi connectivity index (χ0) is 15.7. The van der Waals surface area contributed by atoms with Gasteiger partial charge in [-0.1, -0.05) is 20.3 Å². The number of urea groups is 1. The molecule has 1 rings (SSSR count). The van der Waals surface area contributed by atoms with Gasteiger partial charge in [-0.2, -0.15) is 0 Å². The van der Waals surface area contributed by atoms with E-state index in [-0.39, 0.29) is 5.75 Å². The van der Waals surface area contributed by atoms with Crippen molar-refractivity contribution in [2.45, 2.75) is 33.1 Å². The molecule has 3 N–H and O–H groups in total. The summed E-state index contributed by atoms with van der Waals surface area (Å²) < 4.78 is 0. The molecular weight excluding hydrogens is 266 g/mol. The van der Waals surface area contributed by atoms with Crippen LogP contribution >= 0.6 is 0 Å². The van der Waals surface area contributed by atoms with Crippen molar-refractivity contribution in [1.29, 1.82) is 0 Å². The minimum atomic E-state index is -0.465. The number of amides is 2. The first-order valence-corrected chi connectivity index (χ1v) is 7.66. The van der Waals surface area contributed by atoms with Crippen LogP contribution < -0.4 is 10.6 Å². The van der Waals surface area contributed by atoms with Gasteiger partial charge in [0.1, 0.15) is 5.75 Å². The number of rotatable bonds is 9. The lowest BCUT2D eigenvalue weighted by molar-refractivity contribution is 0.248. The Morgan fingerprint density at radius 2 is 1.71 bits per heavy atom. The summed E-state index contributed by atoms with van der Waals surface area (Å²) in [5.74, 6) is 0.179. The molecule has 1 aromatic carbocycles. The SMILES string of the molecule is CCCCN(CCC)CCN(C(N)=O)c1ccc(O)cc1. The van der Waals surface area contributed by atoms with Crippen LogP contribution in [0.2, 0.25) is 0 Å². The molecule has 118 valence electrons. The third-order valence-electron chi connectivity index (χ3n) is 3.43. The fraction of sp³-hybridized carbons (Fsp3) is 0.562. The minimum absolute atomic E-state index is 0.179. The maximum atomic E-state index is 11.6. The number of primary amides is 1. The molecule has 0 saturated carbocycles. The number of anilines is 1. The lowest BCUT2D eigenvalue weighted by Crippen LogP contribution is -2.42. The third-order valence-corrected chi connectivity index (χ3v) is 3.43. The van der Waals surface area contributed by atoms with Crippen molar-refractivity contribution in [2.75, 3.05) is 31.1 Å². The van der Waals surface area contributed by atoms with Crippen LogP contribution in [0.25, 0.3) is 0 Å². The molecule has 0 unspecified atom stereocenters. The second kappa shape index (κ2) is 9.23. The molecule has 1 aromatic rings. The number of hydrogen-bond donors (Lipinski definition) is 2. The van der Waals surface area contributed by atoms with Crippen molar-refractivity contribution in [3.05, 3.63) is 24.3 Å². The van der Waals surface area contributed by atoms with Crippen LogP contribution in [0.1, 0.15) is 33.1 Å². The molecule has 21 heavy (non-hydrogen) atoms. The molecule has 2 amide bonds. The number of hydrogen-bond acceptors (Lipinski definition) is 3. The number of nitrogens with two attached hydrogens (primary N) is 1. The normalized spacial score (nSPS) is 10.8. The van der Waals surface area contributed by atoms with E-state index in [1.165, 1.54) is 0 Å². The molecule has 0 bridgehead atoms. The van der Waals surface area contributed by atoms with E-state index >= 15 is 0 Å². The van der Waals surface area contributed by atoms with Crippen LogP contribution in [-0.2, 0) is 0 Å². The standard InChI is InChI=1S/C16H27N3O2/c1-3-5-11-18(10-4-2)12-13-19(16(17)21)14-6-8-15(20)9-7-14/h6-9,20H,3-5,10-13H2,1-2H3,(H2,17,21). The van der Waals surface area contributed by atoms with Gasteiger partial charge in [-0.15, -0.1) is 0 Å². The van der Waals surface area contributed by atoms with Crippen LogP contribution in [0.15, 0.2) is 24.3 Å². The van der Waals surface area contributed by atoms with Gasteiger partial charge in [-0.05, 0) is 50.2 Å². The maximum Gasteiger partial charge on any atom is 0.319 e. The highest BCUT2D eigenvalue weighted by Crippen LogP contribution is 2.18. The lowest BCUT2D eigenvalue weighted by atomic mass is 10.2. The van der Waals surface area contributed by atoms with Crippen molar-refractivity contribution in [2.24, 2.45) is 5.73 Å². The first-order valence-electron chi connectivity index (χ1n) is 7.66. The van der Waals surface area contributed by atoms with Crippen LogP contribution in [0.4, 0.5) is 10.5 Å². The predicted octanol–water partition coefficient (Wildman–Crippen LogP) is 2.79. The van der Waals surface area contributed by atoms with Gasteiger partial charge in [-0.25, -0.2) is 4.79 Å². The summed E-state index contributed by atoms with van der Waals surface area (Å²) in [5, 5.41) is 9.32. The number of carbonyl (C=O) groups is 1. The summed E-state index contributed by atoms with van der Waals surface area (Å²) >= 11 is 0. The highest BCUT2D eigenvalue weighted by atomic mass is 16.3. The van der Waals surface area contributed by atoms with Gasteiger partial charge in [-0.3, -0.25) is 4.90 Å². The Bertz CT molecular complexity index is 420. The highest BCUT2D eigenvalue weighted by molar-refractivity contribution is 5.90. The Morgan fingerprint density at radius 1 is 1.05 bits per heavy atom. The first-order chi connectivity index (χ1) is 10.1. The molecule has 0 fully saturated rings. The fourth-order valence-corrected chi connectivity index (χ4v) is 2.27. The Morgan fingerprint density at radius 3 is 2.24 bits per heavy atom. The average molecular weight is 293 g/mol. The van der Waals surface area contributed by atoms with E-state index in [9.17, 15) is 9.90 Å². The van der Waals surface area contributed by atoms with Gasteiger partial charge in [0.25, 0.3) is 0 Å². The van der Waals surface area contributed by atoms with E-state index in [1.54, 1.807) is 29.2 Å². The van der Waals surface area contributed by atoms with Crippen LogP contribution in [0, 0.1) is 0 Å². The van der Waals surface area contributed by atoms with Crippen molar-refractivity contribution in [3.8, 4) is 5.75 Å². The van der Waals surface area contributed by atoms with E-state index in [0.717, 1.165) is 38.9 Å². The van der Waals surface area contributed by atoms with Gasteiger partial charge in [0.15, 0.2) is 0 Å². The second-order valence-electron chi connectivity index (χ2n) is 5.20. The largest absolute Gasteiger partial charge is 0.508 e. The highest BCUT2D eigenvalue weighted by Gasteiger charge is 2.14. The second-order valence-corrected chi connectivity index (χ2v) is 5.20. The molecule has 0 spiro atoms. The van der Waals surface area contributed by atoms with Gasteiger partial charge < -0.3 is 15.7 Å². The minimum Gasteiger partial charge on any atom is -0.508 e. The molecule has 0 saturated heterocycles. The molecule has 0 aromatic heterocycles. The Balaban J connectivity index is 2.65. The van der Waals surface area contributed by atoms with E-state index in [4.69, 9.17) is 5.73 Å². The summed E-state index contributed by atoms with van der Waals surface area (Å²) in [6.07, 6.45) is 3.42. The quantitative estimate of drug-likeness (QED) is 0.735. The van der Waals surface area contributed by atoms with E-state index in [2.05, 4.69) is 18.7 Å². The number of unbranched alkanes of at least 4 members (excludes halogenated alkanes) is 1. The summed E-state index contributed by atoms with van der Waals surface area (Å²) in [5.41, 5.74) is 6.19. The average Bonchev–Trinajstić information content (AvgIpc) is 2.46. The number of aromatic hydroxyl groups is 1.